The van der Waals surface area contributed by atoms with Gasteiger partial charge in [-0.25, -0.2) is 0 Å². The average Bonchev–Trinajstić information content (AvgIpc) is 2.31. The summed E-state index contributed by atoms with van der Waals surface area (Å²) in [6, 6.07) is 7.95. The van der Waals surface area contributed by atoms with E-state index in [1.54, 1.807) is 0 Å². The van der Waals surface area contributed by atoms with Gasteiger partial charge in [-0.2, -0.15) is 0 Å². The van der Waals surface area contributed by atoms with Gasteiger partial charge >= 0.3 is 0 Å². The molecule has 0 saturated carbocycles. The Morgan fingerprint density at radius 1 is 1.33 bits per heavy atom. The first-order valence-corrected chi connectivity index (χ1v) is 6.34. The zero-order chi connectivity index (χ0) is 13.4. The van der Waals surface area contributed by atoms with Crippen LogP contribution in [0.4, 0.5) is 0 Å². The molecule has 0 aliphatic heterocycles. The van der Waals surface area contributed by atoms with Crippen molar-refractivity contribution in [3.8, 4) is 5.75 Å². The van der Waals surface area contributed by atoms with Gasteiger partial charge < -0.3 is 15.8 Å². The van der Waals surface area contributed by atoms with Gasteiger partial charge in [-0.05, 0) is 38.0 Å². The molecule has 4 heteroatoms. The standard InChI is InChI=1S/C14H22N2O2/c1-11(2)18-13-5-3-12(4-6-13)8-10-16-14(17)7-9-15/h3-6,11H,7-10,15H2,1-2H3,(H,16,17). The fourth-order valence-corrected chi connectivity index (χ4v) is 1.57. The van der Waals surface area contributed by atoms with Gasteiger partial charge in [0.25, 0.3) is 0 Å². The van der Waals surface area contributed by atoms with Crippen LogP contribution in [0.5, 0.6) is 5.75 Å². The summed E-state index contributed by atoms with van der Waals surface area (Å²) < 4.78 is 5.56. The quantitative estimate of drug-likeness (QED) is 0.770. The Labute approximate surface area is 109 Å². The van der Waals surface area contributed by atoms with Crippen molar-refractivity contribution < 1.29 is 9.53 Å². The molecule has 0 radical (unpaired) electrons. The number of benzene rings is 1. The average molecular weight is 250 g/mol. The number of ether oxygens (including phenoxy) is 1. The lowest BCUT2D eigenvalue weighted by molar-refractivity contribution is -0.120. The highest BCUT2D eigenvalue weighted by atomic mass is 16.5. The van der Waals surface area contributed by atoms with Crippen molar-refractivity contribution in [1.29, 1.82) is 0 Å². The number of carbonyl (C=O) groups is 1. The molecule has 0 aliphatic carbocycles. The summed E-state index contributed by atoms with van der Waals surface area (Å²) in [5.41, 5.74) is 6.47. The zero-order valence-corrected chi connectivity index (χ0v) is 11.1. The van der Waals surface area contributed by atoms with Crippen molar-refractivity contribution in [2.24, 2.45) is 5.73 Å². The van der Waals surface area contributed by atoms with Crippen LogP contribution in [0.15, 0.2) is 24.3 Å². The lowest BCUT2D eigenvalue weighted by atomic mass is 10.1. The second-order valence-corrected chi connectivity index (χ2v) is 4.45. The maximum Gasteiger partial charge on any atom is 0.221 e. The third-order valence-corrected chi connectivity index (χ3v) is 2.40. The second kappa shape index (κ2) is 7.71. The smallest absolute Gasteiger partial charge is 0.221 e. The van der Waals surface area contributed by atoms with Crippen LogP contribution in [0.1, 0.15) is 25.8 Å². The van der Waals surface area contributed by atoms with E-state index < -0.39 is 0 Å². The van der Waals surface area contributed by atoms with Crippen LogP contribution in [0.2, 0.25) is 0 Å². The molecule has 0 unspecified atom stereocenters. The maximum atomic E-state index is 11.2. The minimum atomic E-state index is 0.0114. The fourth-order valence-electron chi connectivity index (χ4n) is 1.57. The molecule has 0 atom stereocenters. The molecule has 18 heavy (non-hydrogen) atoms. The molecule has 1 amide bonds. The summed E-state index contributed by atoms with van der Waals surface area (Å²) in [6.07, 6.45) is 1.39. The van der Waals surface area contributed by atoms with Crippen molar-refractivity contribution in [3.63, 3.8) is 0 Å². The molecule has 3 N–H and O–H groups in total. The van der Waals surface area contributed by atoms with Gasteiger partial charge in [0.1, 0.15) is 5.75 Å². The van der Waals surface area contributed by atoms with E-state index in [0.29, 0.717) is 19.5 Å². The summed E-state index contributed by atoms with van der Waals surface area (Å²) in [4.78, 5) is 11.2. The second-order valence-electron chi connectivity index (χ2n) is 4.45. The van der Waals surface area contributed by atoms with Crippen LogP contribution in [0, 0.1) is 0 Å². The molecule has 0 saturated heterocycles. The SMILES string of the molecule is CC(C)Oc1ccc(CCNC(=O)CCN)cc1. The van der Waals surface area contributed by atoms with E-state index in [1.807, 2.05) is 38.1 Å². The molecule has 1 rings (SSSR count). The van der Waals surface area contributed by atoms with E-state index in [9.17, 15) is 4.79 Å². The Hall–Kier alpha value is -1.55. The van der Waals surface area contributed by atoms with E-state index in [4.69, 9.17) is 10.5 Å². The monoisotopic (exact) mass is 250 g/mol. The molecule has 0 aromatic heterocycles. The predicted octanol–water partition coefficient (Wildman–Crippen LogP) is 1.48. The van der Waals surface area contributed by atoms with Crippen LogP contribution in [-0.4, -0.2) is 25.1 Å². The van der Waals surface area contributed by atoms with Crippen molar-refractivity contribution in [1.82, 2.24) is 5.32 Å². The van der Waals surface area contributed by atoms with E-state index >= 15 is 0 Å². The Kier molecular flexibility index (Phi) is 6.22. The fraction of sp³-hybridized carbons (Fsp3) is 0.500. The number of rotatable bonds is 7. The number of carbonyl (C=O) groups excluding carboxylic acids is 1. The third kappa shape index (κ3) is 5.68. The molecule has 4 nitrogen and oxygen atoms in total. The Balaban J connectivity index is 2.33. The summed E-state index contributed by atoms with van der Waals surface area (Å²) >= 11 is 0. The van der Waals surface area contributed by atoms with Gasteiger partial charge in [0.2, 0.25) is 5.91 Å². The van der Waals surface area contributed by atoms with E-state index in [2.05, 4.69) is 5.32 Å². The van der Waals surface area contributed by atoms with Gasteiger partial charge in [-0.3, -0.25) is 4.79 Å². The molecule has 0 aliphatic rings. The predicted molar refractivity (Wildman–Crippen MR) is 72.6 cm³/mol. The van der Waals surface area contributed by atoms with E-state index in [0.717, 1.165) is 12.2 Å². The molecular formula is C14H22N2O2. The Bertz CT molecular complexity index is 361. The molecule has 1 aromatic rings. The first kappa shape index (κ1) is 14.5. The largest absolute Gasteiger partial charge is 0.491 e. The number of amides is 1. The van der Waals surface area contributed by atoms with Crippen LogP contribution >= 0.6 is 0 Å². The van der Waals surface area contributed by atoms with Crippen molar-refractivity contribution in [2.45, 2.75) is 32.8 Å². The van der Waals surface area contributed by atoms with E-state index in [1.165, 1.54) is 5.56 Å². The summed E-state index contributed by atoms with van der Waals surface area (Å²) in [5.74, 6) is 0.887. The summed E-state index contributed by atoms with van der Waals surface area (Å²) in [7, 11) is 0. The summed E-state index contributed by atoms with van der Waals surface area (Å²) in [6.45, 7) is 5.04. The van der Waals surface area contributed by atoms with Crippen LogP contribution < -0.4 is 15.8 Å². The van der Waals surface area contributed by atoms with Gasteiger partial charge in [-0.1, -0.05) is 12.1 Å². The molecule has 1 aromatic carbocycles. The van der Waals surface area contributed by atoms with Gasteiger partial charge in [-0.15, -0.1) is 0 Å². The number of nitrogens with two attached hydrogens (primary N) is 1. The normalized spacial score (nSPS) is 10.4. The molecular weight excluding hydrogens is 228 g/mol. The lowest BCUT2D eigenvalue weighted by Gasteiger charge is -2.10. The Morgan fingerprint density at radius 3 is 2.56 bits per heavy atom. The third-order valence-electron chi connectivity index (χ3n) is 2.40. The Morgan fingerprint density at radius 2 is 2.00 bits per heavy atom. The van der Waals surface area contributed by atoms with Crippen LogP contribution in [0.3, 0.4) is 0 Å². The highest BCUT2D eigenvalue weighted by Gasteiger charge is 2.00. The van der Waals surface area contributed by atoms with Gasteiger partial charge in [0.05, 0.1) is 6.10 Å². The lowest BCUT2D eigenvalue weighted by Crippen LogP contribution is -2.27. The molecule has 0 spiro atoms. The number of nitrogens with one attached hydrogen (secondary N) is 1. The first-order valence-electron chi connectivity index (χ1n) is 6.34. The highest BCUT2D eigenvalue weighted by molar-refractivity contribution is 5.75. The van der Waals surface area contributed by atoms with Crippen molar-refractivity contribution >= 4 is 5.91 Å². The highest BCUT2D eigenvalue weighted by Crippen LogP contribution is 2.13. The topological polar surface area (TPSA) is 64.3 Å². The van der Waals surface area contributed by atoms with Crippen LogP contribution in [0.25, 0.3) is 0 Å². The molecule has 0 fully saturated rings. The molecule has 0 bridgehead atoms. The van der Waals surface area contributed by atoms with Gasteiger partial charge in [0, 0.05) is 19.5 Å². The van der Waals surface area contributed by atoms with Crippen molar-refractivity contribution in [2.75, 3.05) is 13.1 Å². The minimum Gasteiger partial charge on any atom is -0.491 e. The number of hydrogen-bond donors (Lipinski definition) is 2. The minimum absolute atomic E-state index is 0.0114. The molecule has 100 valence electrons. The maximum absolute atomic E-state index is 11.2. The van der Waals surface area contributed by atoms with Gasteiger partial charge in [0.15, 0.2) is 0 Å². The van der Waals surface area contributed by atoms with Crippen LogP contribution in [-0.2, 0) is 11.2 Å². The zero-order valence-electron chi connectivity index (χ0n) is 11.1. The molecule has 0 heterocycles. The van der Waals surface area contributed by atoms with Crippen molar-refractivity contribution in [3.05, 3.63) is 29.8 Å². The summed E-state index contributed by atoms with van der Waals surface area (Å²) in [5, 5.41) is 2.83. The first-order chi connectivity index (χ1) is 8.61. The number of hydrogen-bond acceptors (Lipinski definition) is 3. The van der Waals surface area contributed by atoms with E-state index in [-0.39, 0.29) is 12.0 Å².